The molecule has 1 amide bonds. The Hall–Kier alpha value is -2.11. The molecule has 5 heteroatoms. The van der Waals surface area contributed by atoms with Gasteiger partial charge in [0.2, 0.25) is 0 Å². The van der Waals surface area contributed by atoms with Gasteiger partial charge in [-0.15, -0.1) is 0 Å². The molecule has 0 aromatic heterocycles. The Morgan fingerprint density at radius 1 is 1.24 bits per heavy atom. The number of amides is 1. The average Bonchev–Trinajstić information content (AvgIpc) is 2.86. The first kappa shape index (κ1) is 16.4. The van der Waals surface area contributed by atoms with Crippen molar-refractivity contribution in [2.24, 2.45) is 0 Å². The number of halogens is 1. The monoisotopic (exact) mass is 399 g/mol. The number of carbonyl (C=O) groups is 1. The summed E-state index contributed by atoms with van der Waals surface area (Å²) in [5.74, 6) is 0.667. The second-order valence-electron chi connectivity index (χ2n) is 6.41. The third-order valence-electron chi connectivity index (χ3n) is 4.54. The van der Waals surface area contributed by atoms with Gasteiger partial charge in [-0.2, -0.15) is 0 Å². The number of nitrogens with one attached hydrogen (secondary N) is 1. The fraction of sp³-hybridized carbons (Fsp3) is 0.250. The molecule has 2 atom stereocenters. The summed E-state index contributed by atoms with van der Waals surface area (Å²) in [7, 11) is 0. The van der Waals surface area contributed by atoms with Crippen molar-refractivity contribution in [1.82, 2.24) is 0 Å². The Bertz CT molecular complexity index is 849. The summed E-state index contributed by atoms with van der Waals surface area (Å²) in [6, 6.07) is 15.4. The highest BCUT2D eigenvalue weighted by molar-refractivity contribution is 9.10. The summed E-state index contributed by atoms with van der Waals surface area (Å²) >= 11 is 3.58. The molecule has 0 saturated carbocycles. The molecule has 2 heterocycles. The zero-order valence-electron chi connectivity index (χ0n) is 13.8. The SMILES string of the molecule is CC1=C[C@@H](COc2ccccc2)O[C@@]2(C1)C(=O)Nc1cccc(Br)c12. The van der Waals surface area contributed by atoms with Crippen molar-refractivity contribution in [3.05, 3.63) is 70.2 Å². The molecule has 2 aromatic rings. The summed E-state index contributed by atoms with van der Waals surface area (Å²) in [4.78, 5) is 12.8. The highest BCUT2D eigenvalue weighted by atomic mass is 79.9. The fourth-order valence-corrected chi connectivity index (χ4v) is 4.22. The van der Waals surface area contributed by atoms with Crippen LogP contribution < -0.4 is 10.1 Å². The molecule has 0 fully saturated rings. The quantitative estimate of drug-likeness (QED) is 0.777. The summed E-state index contributed by atoms with van der Waals surface area (Å²) < 4.78 is 13.0. The van der Waals surface area contributed by atoms with Crippen LogP contribution in [0, 0.1) is 0 Å². The Labute approximate surface area is 155 Å². The van der Waals surface area contributed by atoms with Gasteiger partial charge in [-0.3, -0.25) is 4.79 Å². The molecule has 2 aliphatic rings. The smallest absolute Gasteiger partial charge is 0.261 e. The Balaban J connectivity index is 1.63. The van der Waals surface area contributed by atoms with Crippen molar-refractivity contribution < 1.29 is 14.3 Å². The molecule has 25 heavy (non-hydrogen) atoms. The number of hydrogen-bond acceptors (Lipinski definition) is 3. The molecule has 2 aromatic carbocycles. The Morgan fingerprint density at radius 2 is 2.04 bits per heavy atom. The molecule has 4 rings (SSSR count). The minimum atomic E-state index is -1.00. The molecule has 0 saturated heterocycles. The molecule has 0 aliphatic carbocycles. The van der Waals surface area contributed by atoms with E-state index in [2.05, 4.69) is 21.2 Å². The van der Waals surface area contributed by atoms with Crippen molar-refractivity contribution in [2.75, 3.05) is 11.9 Å². The lowest BCUT2D eigenvalue weighted by atomic mass is 9.85. The molecule has 0 radical (unpaired) electrons. The zero-order valence-corrected chi connectivity index (χ0v) is 15.4. The predicted octanol–water partition coefficient (Wildman–Crippen LogP) is 4.41. The number of ether oxygens (including phenoxy) is 2. The molecule has 1 N–H and O–H groups in total. The Morgan fingerprint density at radius 3 is 2.84 bits per heavy atom. The molecule has 0 bridgehead atoms. The first-order valence-electron chi connectivity index (χ1n) is 8.22. The van der Waals surface area contributed by atoms with Crippen LogP contribution in [0.3, 0.4) is 0 Å². The predicted molar refractivity (Wildman–Crippen MR) is 99.6 cm³/mol. The molecule has 128 valence electrons. The van der Waals surface area contributed by atoms with Crippen LogP contribution in [0.15, 0.2) is 64.7 Å². The fourth-order valence-electron chi connectivity index (χ4n) is 3.54. The van der Waals surface area contributed by atoms with Gasteiger partial charge in [-0.05, 0) is 31.2 Å². The van der Waals surface area contributed by atoms with Crippen molar-refractivity contribution in [3.63, 3.8) is 0 Å². The second kappa shape index (κ2) is 6.32. The maximum atomic E-state index is 12.8. The highest BCUT2D eigenvalue weighted by Crippen LogP contribution is 2.48. The number of rotatable bonds is 3. The van der Waals surface area contributed by atoms with Gasteiger partial charge in [0.25, 0.3) is 5.91 Å². The van der Waals surface area contributed by atoms with Crippen molar-refractivity contribution in [1.29, 1.82) is 0 Å². The minimum absolute atomic E-state index is 0.119. The largest absolute Gasteiger partial charge is 0.491 e. The molecule has 2 aliphatic heterocycles. The molecule has 0 unspecified atom stereocenters. The van der Waals surface area contributed by atoms with E-state index >= 15 is 0 Å². The molecular weight excluding hydrogens is 382 g/mol. The van der Waals surface area contributed by atoms with Gasteiger partial charge in [-0.25, -0.2) is 0 Å². The highest BCUT2D eigenvalue weighted by Gasteiger charge is 2.52. The van der Waals surface area contributed by atoms with E-state index in [4.69, 9.17) is 9.47 Å². The number of para-hydroxylation sites is 1. The van der Waals surface area contributed by atoms with Gasteiger partial charge in [-0.1, -0.05) is 51.8 Å². The van der Waals surface area contributed by atoms with E-state index in [0.29, 0.717) is 13.0 Å². The van der Waals surface area contributed by atoms with Crippen molar-refractivity contribution in [3.8, 4) is 5.75 Å². The lowest BCUT2D eigenvalue weighted by Gasteiger charge is -2.36. The van der Waals surface area contributed by atoms with Crippen molar-refractivity contribution >= 4 is 27.5 Å². The number of anilines is 1. The van der Waals surface area contributed by atoms with Gasteiger partial charge in [0, 0.05) is 22.1 Å². The van der Waals surface area contributed by atoms with Gasteiger partial charge < -0.3 is 14.8 Å². The standard InChI is InChI=1S/C20H18BrNO3/c1-13-10-15(12-24-14-6-3-2-4-7-14)25-20(11-13)18-16(21)8-5-9-17(18)22-19(20)23/h2-10,15H,11-12H2,1H3,(H,22,23)/t15-,20+/m0/s1. The van der Waals surface area contributed by atoms with E-state index in [0.717, 1.165) is 27.0 Å². The van der Waals surface area contributed by atoms with E-state index in [1.165, 1.54) is 0 Å². The van der Waals surface area contributed by atoms with Gasteiger partial charge >= 0.3 is 0 Å². The topological polar surface area (TPSA) is 47.6 Å². The maximum Gasteiger partial charge on any atom is 0.261 e. The minimum Gasteiger partial charge on any atom is -0.491 e. The van der Waals surface area contributed by atoms with Crippen LogP contribution in [0.4, 0.5) is 5.69 Å². The first-order chi connectivity index (χ1) is 12.1. The van der Waals surface area contributed by atoms with E-state index in [1.54, 1.807) is 0 Å². The third kappa shape index (κ3) is 2.87. The van der Waals surface area contributed by atoms with Crippen LogP contribution in [-0.4, -0.2) is 18.6 Å². The molecule has 4 nitrogen and oxygen atoms in total. The summed E-state index contributed by atoms with van der Waals surface area (Å²) in [5, 5.41) is 2.95. The summed E-state index contributed by atoms with van der Waals surface area (Å²) in [6.07, 6.45) is 2.28. The van der Waals surface area contributed by atoms with Crippen LogP contribution in [0.25, 0.3) is 0 Å². The number of hydrogen-bond donors (Lipinski definition) is 1. The zero-order chi connectivity index (χ0) is 17.4. The number of fused-ring (bicyclic) bond motifs is 2. The van der Waals surface area contributed by atoms with Crippen LogP contribution in [0.1, 0.15) is 18.9 Å². The third-order valence-corrected chi connectivity index (χ3v) is 5.20. The lowest BCUT2D eigenvalue weighted by molar-refractivity contribution is -0.151. The van der Waals surface area contributed by atoms with E-state index in [1.807, 2.05) is 61.5 Å². The van der Waals surface area contributed by atoms with E-state index in [9.17, 15) is 4.79 Å². The first-order valence-corrected chi connectivity index (χ1v) is 9.01. The Kier molecular flexibility index (Phi) is 4.13. The van der Waals surface area contributed by atoms with Crippen LogP contribution in [-0.2, 0) is 15.1 Å². The van der Waals surface area contributed by atoms with E-state index < -0.39 is 5.60 Å². The molecular formula is C20H18BrNO3. The lowest BCUT2D eigenvalue weighted by Crippen LogP contribution is -2.44. The maximum absolute atomic E-state index is 12.8. The van der Waals surface area contributed by atoms with Crippen LogP contribution in [0.5, 0.6) is 5.75 Å². The van der Waals surface area contributed by atoms with Gasteiger partial charge in [0.05, 0.1) is 0 Å². The van der Waals surface area contributed by atoms with Gasteiger partial charge in [0.1, 0.15) is 18.5 Å². The summed E-state index contributed by atoms with van der Waals surface area (Å²) in [6.45, 7) is 2.39. The average molecular weight is 400 g/mol. The number of carbonyl (C=O) groups excluding carboxylic acids is 1. The van der Waals surface area contributed by atoms with Gasteiger partial charge in [0.15, 0.2) is 5.60 Å². The van der Waals surface area contributed by atoms with Crippen molar-refractivity contribution in [2.45, 2.75) is 25.0 Å². The normalized spacial score (nSPS) is 24.6. The number of benzene rings is 2. The molecule has 1 spiro atoms. The van der Waals surface area contributed by atoms with Crippen LogP contribution >= 0.6 is 15.9 Å². The second-order valence-corrected chi connectivity index (χ2v) is 7.27. The summed E-state index contributed by atoms with van der Waals surface area (Å²) in [5.41, 5.74) is 1.79. The van der Waals surface area contributed by atoms with E-state index in [-0.39, 0.29) is 12.0 Å². The van der Waals surface area contributed by atoms with Crippen LogP contribution in [0.2, 0.25) is 0 Å².